The van der Waals surface area contributed by atoms with Gasteiger partial charge in [-0.05, 0) is 32.4 Å². The molecule has 0 aliphatic rings. The molecule has 0 saturated heterocycles. The summed E-state index contributed by atoms with van der Waals surface area (Å²) in [7, 11) is 1.97. The van der Waals surface area contributed by atoms with Crippen LogP contribution >= 0.6 is 0 Å². The van der Waals surface area contributed by atoms with Gasteiger partial charge in [0.25, 0.3) is 0 Å². The van der Waals surface area contributed by atoms with Gasteiger partial charge in [-0.2, -0.15) is 5.10 Å². The number of aryl methyl sites for hydroxylation is 1. The van der Waals surface area contributed by atoms with Gasteiger partial charge in [-0.15, -0.1) is 0 Å². The minimum Gasteiger partial charge on any atom is -0.303 e. The molecule has 0 aromatic carbocycles. The maximum absolute atomic E-state index is 4.28. The van der Waals surface area contributed by atoms with Crippen LogP contribution in [0.4, 0.5) is 0 Å². The molecule has 0 aliphatic heterocycles. The summed E-state index contributed by atoms with van der Waals surface area (Å²) in [5.41, 5.74) is 3.65. The van der Waals surface area contributed by atoms with Crippen molar-refractivity contribution in [2.24, 2.45) is 7.05 Å². The van der Waals surface area contributed by atoms with Gasteiger partial charge >= 0.3 is 0 Å². The molecule has 2 aromatic rings. The lowest BCUT2D eigenvalue weighted by atomic mass is 10.1. The Morgan fingerprint density at radius 2 is 2.00 bits per heavy atom. The van der Waals surface area contributed by atoms with E-state index >= 15 is 0 Å². The van der Waals surface area contributed by atoms with Crippen LogP contribution < -0.4 is 5.32 Å². The standard InChI is InChI=1S/C14H20N4/c1-10(13-6-5-7-15-8-13)17-11(2)14-9-16-18(4)12(14)3/h5-11,17H,1-4H3. The molecule has 0 spiro atoms. The van der Waals surface area contributed by atoms with Gasteiger partial charge in [-0.1, -0.05) is 6.07 Å². The number of rotatable bonds is 4. The van der Waals surface area contributed by atoms with Crippen molar-refractivity contribution in [1.82, 2.24) is 20.1 Å². The average molecular weight is 244 g/mol. The Kier molecular flexibility index (Phi) is 3.77. The fraction of sp³-hybridized carbons (Fsp3) is 0.429. The zero-order valence-corrected chi connectivity index (χ0v) is 11.4. The van der Waals surface area contributed by atoms with Crippen molar-refractivity contribution in [3.8, 4) is 0 Å². The highest BCUT2D eigenvalue weighted by Crippen LogP contribution is 2.20. The summed E-state index contributed by atoms with van der Waals surface area (Å²) in [5.74, 6) is 0. The monoisotopic (exact) mass is 244 g/mol. The van der Waals surface area contributed by atoms with E-state index in [1.165, 1.54) is 16.8 Å². The topological polar surface area (TPSA) is 42.7 Å². The van der Waals surface area contributed by atoms with Crippen molar-refractivity contribution in [1.29, 1.82) is 0 Å². The predicted octanol–water partition coefficient (Wildman–Crippen LogP) is 2.54. The molecule has 2 rings (SSSR count). The third-order valence-corrected chi connectivity index (χ3v) is 3.42. The normalized spacial score (nSPS) is 14.4. The van der Waals surface area contributed by atoms with E-state index in [1.807, 2.05) is 30.2 Å². The minimum atomic E-state index is 0.272. The molecule has 1 N–H and O–H groups in total. The number of nitrogens with zero attached hydrogens (tertiary/aromatic N) is 3. The summed E-state index contributed by atoms with van der Waals surface area (Å²) in [4.78, 5) is 4.15. The number of nitrogens with one attached hydrogen (secondary N) is 1. The van der Waals surface area contributed by atoms with Crippen molar-refractivity contribution in [2.45, 2.75) is 32.9 Å². The molecular weight excluding hydrogens is 224 g/mol. The zero-order chi connectivity index (χ0) is 13.1. The Morgan fingerprint density at radius 3 is 2.56 bits per heavy atom. The number of pyridine rings is 1. The maximum atomic E-state index is 4.28. The van der Waals surface area contributed by atoms with Crippen LogP contribution in [0.1, 0.15) is 42.8 Å². The fourth-order valence-corrected chi connectivity index (χ4v) is 2.13. The summed E-state index contributed by atoms with van der Waals surface area (Å²) in [6, 6.07) is 4.60. The quantitative estimate of drug-likeness (QED) is 0.898. The highest BCUT2D eigenvalue weighted by Gasteiger charge is 2.15. The van der Waals surface area contributed by atoms with E-state index in [0.717, 1.165) is 0 Å². The van der Waals surface area contributed by atoms with Gasteiger partial charge in [-0.3, -0.25) is 9.67 Å². The van der Waals surface area contributed by atoms with Gasteiger partial charge in [-0.25, -0.2) is 0 Å². The van der Waals surface area contributed by atoms with Crippen molar-refractivity contribution in [3.05, 3.63) is 47.5 Å². The van der Waals surface area contributed by atoms with Crippen LogP contribution in [0.15, 0.2) is 30.7 Å². The zero-order valence-electron chi connectivity index (χ0n) is 11.4. The number of hydrogen-bond acceptors (Lipinski definition) is 3. The van der Waals surface area contributed by atoms with Crippen LogP contribution in [-0.2, 0) is 7.05 Å². The van der Waals surface area contributed by atoms with Gasteiger partial charge in [0.15, 0.2) is 0 Å². The third kappa shape index (κ3) is 2.59. The Balaban J connectivity index is 2.08. The summed E-state index contributed by atoms with van der Waals surface area (Å²) >= 11 is 0. The molecule has 2 unspecified atom stereocenters. The molecule has 0 radical (unpaired) electrons. The van der Waals surface area contributed by atoms with Crippen molar-refractivity contribution >= 4 is 0 Å². The van der Waals surface area contributed by atoms with Gasteiger partial charge in [0.2, 0.25) is 0 Å². The van der Waals surface area contributed by atoms with Gasteiger partial charge in [0.1, 0.15) is 0 Å². The van der Waals surface area contributed by atoms with E-state index in [9.17, 15) is 0 Å². The summed E-state index contributed by atoms with van der Waals surface area (Å²) in [6.07, 6.45) is 5.63. The van der Waals surface area contributed by atoms with E-state index in [4.69, 9.17) is 0 Å². The summed E-state index contributed by atoms with van der Waals surface area (Å²) in [6.45, 7) is 6.41. The van der Waals surface area contributed by atoms with Crippen LogP contribution in [0.25, 0.3) is 0 Å². The first-order valence-corrected chi connectivity index (χ1v) is 6.24. The van der Waals surface area contributed by atoms with E-state index < -0.39 is 0 Å². The molecular formula is C14H20N4. The maximum Gasteiger partial charge on any atom is 0.0540 e. The van der Waals surface area contributed by atoms with Crippen LogP contribution in [-0.4, -0.2) is 14.8 Å². The first-order chi connectivity index (χ1) is 8.59. The molecule has 0 bridgehead atoms. The van der Waals surface area contributed by atoms with Crippen molar-refractivity contribution < 1.29 is 0 Å². The average Bonchev–Trinajstić information content (AvgIpc) is 2.71. The highest BCUT2D eigenvalue weighted by molar-refractivity contribution is 5.21. The van der Waals surface area contributed by atoms with Gasteiger partial charge in [0.05, 0.1) is 6.20 Å². The van der Waals surface area contributed by atoms with Crippen molar-refractivity contribution in [3.63, 3.8) is 0 Å². The molecule has 2 aromatic heterocycles. The lowest BCUT2D eigenvalue weighted by Gasteiger charge is -2.20. The Labute approximate surface area is 108 Å². The molecule has 0 saturated carbocycles. The van der Waals surface area contributed by atoms with Crippen LogP contribution in [0.2, 0.25) is 0 Å². The summed E-state index contributed by atoms with van der Waals surface area (Å²) in [5, 5.41) is 7.85. The SMILES string of the molecule is Cc1c(C(C)NC(C)c2cccnc2)cnn1C. The molecule has 96 valence electrons. The lowest BCUT2D eigenvalue weighted by molar-refractivity contribution is 0.491. The highest BCUT2D eigenvalue weighted by atomic mass is 15.3. The molecule has 2 atom stereocenters. The Morgan fingerprint density at radius 1 is 1.22 bits per heavy atom. The predicted molar refractivity (Wildman–Crippen MR) is 72.1 cm³/mol. The van der Waals surface area contributed by atoms with E-state index in [-0.39, 0.29) is 12.1 Å². The largest absolute Gasteiger partial charge is 0.303 e. The van der Waals surface area contributed by atoms with E-state index in [1.54, 1.807) is 6.20 Å². The van der Waals surface area contributed by atoms with Crippen molar-refractivity contribution in [2.75, 3.05) is 0 Å². The van der Waals surface area contributed by atoms with Crippen LogP contribution in [0.3, 0.4) is 0 Å². The van der Waals surface area contributed by atoms with E-state index in [2.05, 4.69) is 42.2 Å². The second-order valence-corrected chi connectivity index (χ2v) is 4.71. The van der Waals surface area contributed by atoms with Gasteiger partial charge in [0, 0.05) is 42.8 Å². The first kappa shape index (κ1) is 12.8. The molecule has 18 heavy (non-hydrogen) atoms. The second-order valence-electron chi connectivity index (χ2n) is 4.71. The minimum absolute atomic E-state index is 0.272. The molecule has 4 nitrogen and oxygen atoms in total. The summed E-state index contributed by atoms with van der Waals surface area (Å²) < 4.78 is 1.91. The molecule has 0 aliphatic carbocycles. The Hall–Kier alpha value is -1.68. The van der Waals surface area contributed by atoms with E-state index in [0.29, 0.717) is 0 Å². The number of hydrogen-bond donors (Lipinski definition) is 1. The smallest absolute Gasteiger partial charge is 0.0540 e. The van der Waals surface area contributed by atoms with Gasteiger partial charge < -0.3 is 5.32 Å². The molecule has 4 heteroatoms. The first-order valence-electron chi connectivity index (χ1n) is 6.24. The lowest BCUT2D eigenvalue weighted by Crippen LogP contribution is -2.23. The second kappa shape index (κ2) is 5.31. The number of aromatic nitrogens is 3. The fourth-order valence-electron chi connectivity index (χ4n) is 2.13. The molecule has 0 fully saturated rings. The molecule has 2 heterocycles. The van der Waals surface area contributed by atoms with Crippen LogP contribution in [0.5, 0.6) is 0 Å². The third-order valence-electron chi connectivity index (χ3n) is 3.42. The molecule has 0 amide bonds. The Bertz CT molecular complexity index is 504. The van der Waals surface area contributed by atoms with Crippen LogP contribution in [0, 0.1) is 6.92 Å².